The van der Waals surface area contributed by atoms with Crippen LogP contribution in [0.3, 0.4) is 0 Å². The van der Waals surface area contributed by atoms with Gasteiger partial charge in [-0.2, -0.15) is 0 Å². The molecule has 1 aromatic rings. The summed E-state index contributed by atoms with van der Waals surface area (Å²) in [6.07, 6.45) is 1.75. The van der Waals surface area contributed by atoms with Crippen LogP contribution < -0.4 is 9.47 Å². The molecule has 0 bridgehead atoms. The number of carbonyl (C=O) groups is 3. The lowest BCUT2D eigenvalue weighted by atomic mass is 10.1. The second kappa shape index (κ2) is 10.8. The molecule has 10 heteroatoms. The monoisotopic (exact) mass is 466 g/mol. The van der Waals surface area contributed by atoms with E-state index in [4.69, 9.17) is 9.47 Å². The van der Waals surface area contributed by atoms with Gasteiger partial charge >= 0.3 is 0 Å². The predicted octanol–water partition coefficient (Wildman–Crippen LogP) is 2.00. The third kappa shape index (κ3) is 5.99. The second-order valence-corrected chi connectivity index (χ2v) is 9.91. The lowest BCUT2D eigenvalue weighted by Crippen LogP contribution is -2.40. The lowest BCUT2D eigenvalue weighted by Gasteiger charge is -2.24. The number of ketones is 1. The van der Waals surface area contributed by atoms with Crippen molar-refractivity contribution >= 4 is 27.6 Å². The number of amides is 2. The Kier molecular flexibility index (Phi) is 8.11. The molecular weight excluding hydrogens is 436 g/mol. The van der Waals surface area contributed by atoms with E-state index in [0.717, 1.165) is 10.7 Å². The highest BCUT2D eigenvalue weighted by Gasteiger charge is 2.28. The van der Waals surface area contributed by atoms with Crippen LogP contribution in [0.2, 0.25) is 0 Å². The molecule has 3 rings (SSSR count). The molecule has 0 unspecified atom stereocenters. The van der Waals surface area contributed by atoms with Gasteiger partial charge in [-0.1, -0.05) is 6.92 Å². The Hall–Kier alpha value is -2.62. The molecule has 0 aliphatic carbocycles. The van der Waals surface area contributed by atoms with Gasteiger partial charge in [0.15, 0.2) is 17.3 Å². The fourth-order valence-electron chi connectivity index (χ4n) is 3.84. The summed E-state index contributed by atoms with van der Waals surface area (Å²) >= 11 is 0. The first-order valence-electron chi connectivity index (χ1n) is 11.1. The van der Waals surface area contributed by atoms with Gasteiger partial charge in [0.05, 0.1) is 5.75 Å². The zero-order valence-corrected chi connectivity index (χ0v) is 19.2. The van der Waals surface area contributed by atoms with E-state index in [9.17, 15) is 22.8 Å². The van der Waals surface area contributed by atoms with Crippen molar-refractivity contribution in [2.24, 2.45) is 0 Å². The molecule has 0 atom stereocenters. The van der Waals surface area contributed by atoms with E-state index in [0.29, 0.717) is 62.6 Å². The van der Waals surface area contributed by atoms with Crippen LogP contribution >= 0.6 is 0 Å². The number of sulfonamides is 1. The Morgan fingerprint density at radius 1 is 1.12 bits per heavy atom. The van der Waals surface area contributed by atoms with E-state index in [1.54, 1.807) is 30.0 Å². The molecule has 1 aromatic carbocycles. The molecule has 0 saturated carbocycles. The number of carbonyl (C=O) groups excluding carboxylic acids is 3. The Morgan fingerprint density at radius 2 is 1.88 bits per heavy atom. The van der Waals surface area contributed by atoms with Crippen molar-refractivity contribution in [1.82, 2.24) is 9.21 Å². The fourth-order valence-corrected chi connectivity index (χ4v) is 5.38. The average Bonchev–Trinajstić information content (AvgIpc) is 3.18. The van der Waals surface area contributed by atoms with Gasteiger partial charge in [-0.05, 0) is 37.5 Å². The minimum absolute atomic E-state index is 0.00314. The molecule has 0 spiro atoms. The maximum absolute atomic E-state index is 12.8. The van der Waals surface area contributed by atoms with Gasteiger partial charge in [-0.15, -0.1) is 0 Å². The number of benzene rings is 1. The average molecular weight is 467 g/mol. The van der Waals surface area contributed by atoms with Crippen molar-refractivity contribution in [3.8, 4) is 11.5 Å². The van der Waals surface area contributed by atoms with Crippen LogP contribution in [-0.4, -0.2) is 73.8 Å². The number of nitrogens with zero attached hydrogens (tertiary/aromatic N) is 2. The quantitative estimate of drug-likeness (QED) is 0.459. The number of likely N-dealkylation sites (tertiary alicyclic amines) is 1. The number of hydrogen-bond donors (Lipinski definition) is 0. The molecule has 0 N–H and O–H groups in total. The lowest BCUT2D eigenvalue weighted by molar-refractivity contribution is -0.127. The minimum Gasteiger partial charge on any atom is -0.486 e. The number of Topliss-reactive ketones (excluding diaryl/α,β-unsaturated/α-hetero) is 1. The summed E-state index contributed by atoms with van der Waals surface area (Å²) < 4.78 is 37.1. The van der Waals surface area contributed by atoms with Gasteiger partial charge < -0.3 is 14.4 Å². The standard InChI is InChI=1S/C22H30N2O7S/c1-2-15-32(28,29)24(12-4-11-23-10-3-5-21(23)26)22(27)9-7-18(25)17-6-8-19-20(16-17)31-14-13-30-19/h6,8,16H,2-5,7,9-15H2,1H3. The van der Waals surface area contributed by atoms with E-state index >= 15 is 0 Å². The first-order valence-corrected chi connectivity index (χ1v) is 12.7. The topological polar surface area (TPSA) is 110 Å². The molecule has 2 aliphatic rings. The number of hydrogen-bond acceptors (Lipinski definition) is 7. The summed E-state index contributed by atoms with van der Waals surface area (Å²) in [7, 11) is -3.77. The Balaban J connectivity index is 1.59. The van der Waals surface area contributed by atoms with Crippen LogP contribution in [0.4, 0.5) is 0 Å². The highest BCUT2D eigenvalue weighted by Crippen LogP contribution is 2.31. The molecule has 2 aliphatic heterocycles. The van der Waals surface area contributed by atoms with Gasteiger partial charge in [0.2, 0.25) is 21.8 Å². The predicted molar refractivity (Wildman–Crippen MR) is 117 cm³/mol. The molecule has 2 heterocycles. The third-order valence-electron chi connectivity index (χ3n) is 5.47. The third-order valence-corrected chi connectivity index (χ3v) is 7.45. The summed E-state index contributed by atoms with van der Waals surface area (Å²) in [6.45, 7) is 3.66. The number of ether oxygens (including phenoxy) is 2. The molecule has 0 radical (unpaired) electrons. The zero-order valence-electron chi connectivity index (χ0n) is 18.4. The van der Waals surface area contributed by atoms with Crippen LogP contribution in [0, 0.1) is 0 Å². The van der Waals surface area contributed by atoms with Crippen molar-refractivity contribution in [3.05, 3.63) is 23.8 Å². The van der Waals surface area contributed by atoms with Gasteiger partial charge in [-0.25, -0.2) is 12.7 Å². The summed E-state index contributed by atoms with van der Waals surface area (Å²) in [6, 6.07) is 4.85. The highest BCUT2D eigenvalue weighted by atomic mass is 32.2. The van der Waals surface area contributed by atoms with E-state index < -0.39 is 15.9 Å². The summed E-state index contributed by atoms with van der Waals surface area (Å²) in [5, 5.41) is 0. The van der Waals surface area contributed by atoms with E-state index in [1.165, 1.54) is 0 Å². The van der Waals surface area contributed by atoms with Gasteiger partial charge in [0.25, 0.3) is 0 Å². The molecule has 0 aromatic heterocycles. The SMILES string of the molecule is CCCS(=O)(=O)N(CCCN1CCCC1=O)C(=O)CCC(=O)c1ccc2c(c1)OCCO2. The smallest absolute Gasteiger partial charge is 0.237 e. The van der Waals surface area contributed by atoms with Crippen LogP contribution in [0.5, 0.6) is 11.5 Å². The van der Waals surface area contributed by atoms with Gasteiger partial charge in [0, 0.05) is 44.5 Å². The molecule has 2 amide bonds. The summed E-state index contributed by atoms with van der Waals surface area (Å²) in [4.78, 5) is 38.8. The number of rotatable bonds is 11. The van der Waals surface area contributed by atoms with Crippen LogP contribution in [0.1, 0.15) is 55.8 Å². The van der Waals surface area contributed by atoms with Crippen molar-refractivity contribution < 1.29 is 32.3 Å². The number of fused-ring (bicyclic) bond motifs is 1. The molecule has 1 fully saturated rings. The normalized spacial score (nSPS) is 15.7. The zero-order chi connectivity index (χ0) is 23.1. The maximum Gasteiger partial charge on any atom is 0.237 e. The summed E-state index contributed by atoms with van der Waals surface area (Å²) in [5.74, 6) is 0.0961. The van der Waals surface area contributed by atoms with E-state index in [2.05, 4.69) is 0 Å². The second-order valence-electron chi connectivity index (χ2n) is 7.90. The van der Waals surface area contributed by atoms with E-state index in [-0.39, 0.29) is 36.8 Å². The van der Waals surface area contributed by atoms with Crippen molar-refractivity contribution in [3.63, 3.8) is 0 Å². The van der Waals surface area contributed by atoms with Crippen molar-refractivity contribution in [2.45, 2.75) is 45.4 Å². The Labute approximate surface area is 188 Å². The first kappa shape index (κ1) is 24.0. The first-order chi connectivity index (χ1) is 15.3. The molecule has 9 nitrogen and oxygen atoms in total. The van der Waals surface area contributed by atoms with Crippen LogP contribution in [-0.2, 0) is 19.6 Å². The molecule has 176 valence electrons. The van der Waals surface area contributed by atoms with Gasteiger partial charge in [-0.3, -0.25) is 14.4 Å². The maximum atomic E-state index is 12.8. The molecular formula is C22H30N2O7S. The minimum atomic E-state index is -3.77. The largest absolute Gasteiger partial charge is 0.486 e. The molecule has 1 saturated heterocycles. The van der Waals surface area contributed by atoms with E-state index in [1.807, 2.05) is 0 Å². The van der Waals surface area contributed by atoms with Crippen molar-refractivity contribution in [1.29, 1.82) is 0 Å². The summed E-state index contributed by atoms with van der Waals surface area (Å²) in [5.41, 5.74) is 0.387. The fraction of sp³-hybridized carbons (Fsp3) is 0.591. The Morgan fingerprint density at radius 3 is 2.56 bits per heavy atom. The molecule has 32 heavy (non-hydrogen) atoms. The highest BCUT2D eigenvalue weighted by molar-refractivity contribution is 7.89. The Bertz CT molecular complexity index is 961. The van der Waals surface area contributed by atoms with Crippen molar-refractivity contribution in [2.75, 3.05) is 38.6 Å². The van der Waals surface area contributed by atoms with Gasteiger partial charge in [0.1, 0.15) is 13.2 Å². The van der Waals surface area contributed by atoms with Crippen LogP contribution in [0.15, 0.2) is 18.2 Å². The van der Waals surface area contributed by atoms with Crippen LogP contribution in [0.25, 0.3) is 0 Å².